The quantitative estimate of drug-likeness (QED) is 0.346. The van der Waals surface area contributed by atoms with Gasteiger partial charge in [0, 0.05) is 49.9 Å². The molecule has 0 radical (unpaired) electrons. The second-order valence-corrected chi connectivity index (χ2v) is 13.6. The predicted molar refractivity (Wildman–Crippen MR) is 160 cm³/mol. The van der Waals surface area contributed by atoms with Crippen molar-refractivity contribution >= 4 is 43.4 Å². The number of alkyl halides is 1. The molecule has 4 aliphatic heterocycles. The number of hydrogen-bond acceptors (Lipinski definition) is 10. The van der Waals surface area contributed by atoms with Crippen LogP contribution >= 0.6 is 11.3 Å². The highest BCUT2D eigenvalue weighted by atomic mass is 32.1. The number of anilines is 2. The van der Waals surface area contributed by atoms with Crippen LogP contribution in [0, 0.1) is 19.7 Å². The molecule has 4 fully saturated rings. The third-order valence-corrected chi connectivity index (χ3v) is 10.7. The lowest BCUT2D eigenvalue weighted by Crippen LogP contribution is -2.51. The van der Waals surface area contributed by atoms with Crippen molar-refractivity contribution in [3.8, 4) is 17.3 Å². The summed E-state index contributed by atoms with van der Waals surface area (Å²) in [7, 11) is 0. The van der Waals surface area contributed by atoms with Crippen LogP contribution in [0.2, 0.25) is 0 Å². The van der Waals surface area contributed by atoms with Crippen molar-refractivity contribution < 1.29 is 13.5 Å². The molecule has 4 aliphatic rings. The van der Waals surface area contributed by atoms with E-state index in [9.17, 15) is 4.39 Å². The van der Waals surface area contributed by atoms with Crippen LogP contribution in [-0.4, -0.2) is 81.4 Å². The first-order valence-corrected chi connectivity index (χ1v) is 15.7. The summed E-state index contributed by atoms with van der Waals surface area (Å²) in [5.74, 6) is 0.0944. The van der Waals surface area contributed by atoms with E-state index in [0.717, 1.165) is 61.1 Å². The molecule has 9 nitrogen and oxygen atoms in total. The van der Waals surface area contributed by atoms with Crippen molar-refractivity contribution in [2.45, 2.75) is 69.7 Å². The normalized spacial score (nSPS) is 27.4. The Morgan fingerprint density at radius 3 is 2.76 bits per heavy atom. The molecule has 0 saturated carbocycles. The van der Waals surface area contributed by atoms with Gasteiger partial charge in [0.05, 0.1) is 21.1 Å². The second-order valence-electron chi connectivity index (χ2n) is 12.5. The monoisotopic (exact) mass is 592 g/mol. The fourth-order valence-electron chi connectivity index (χ4n) is 7.71. The van der Waals surface area contributed by atoms with Gasteiger partial charge in [0.25, 0.3) is 0 Å². The summed E-state index contributed by atoms with van der Waals surface area (Å²) in [6.07, 6.45) is 5.35. The summed E-state index contributed by atoms with van der Waals surface area (Å²) < 4.78 is 38.3. The molecule has 3 N–H and O–H groups in total. The predicted octanol–water partition coefficient (Wildman–Crippen LogP) is 4.54. The van der Waals surface area contributed by atoms with Crippen molar-refractivity contribution in [3.63, 3.8) is 0 Å². The standard InChI is InChI=1S/C30H34F2N8OS/c1-15-8-21-25(36-28(33)42-21)22(16(15)2)26-23(32)24-20(10-34-26)27(39-12-18-4-5-19(13-39)35-18)38-29(37-24)41-14-30-6-3-7-40(30)11-17(31)9-30/h8,10,17-19,35H,3-7,9,11-14H2,1-2H3,(H2,33,36)/t17-,18-,19+,30+/m1/s1. The molecule has 4 saturated heterocycles. The van der Waals surface area contributed by atoms with Crippen molar-refractivity contribution in [3.05, 3.63) is 29.2 Å². The molecule has 2 bridgehead atoms. The van der Waals surface area contributed by atoms with Gasteiger partial charge < -0.3 is 20.7 Å². The Bertz CT molecular complexity index is 1720. The summed E-state index contributed by atoms with van der Waals surface area (Å²) in [6, 6.07) is 2.87. The van der Waals surface area contributed by atoms with Gasteiger partial charge in [-0.3, -0.25) is 9.88 Å². The van der Waals surface area contributed by atoms with Crippen LogP contribution in [0.1, 0.15) is 43.2 Å². The third kappa shape index (κ3) is 4.13. The van der Waals surface area contributed by atoms with Crippen molar-refractivity contribution in [1.82, 2.24) is 30.2 Å². The van der Waals surface area contributed by atoms with Gasteiger partial charge in [-0.15, -0.1) is 0 Å². The number of nitrogen functional groups attached to an aromatic ring is 1. The number of pyridine rings is 1. The van der Waals surface area contributed by atoms with Crippen LogP contribution in [0.4, 0.5) is 19.7 Å². The number of halogens is 2. The average Bonchev–Trinajstić information content (AvgIpc) is 3.70. The maximum absolute atomic E-state index is 16.7. The molecule has 0 aliphatic carbocycles. The summed E-state index contributed by atoms with van der Waals surface area (Å²) in [5.41, 5.74) is 9.22. The molecule has 42 heavy (non-hydrogen) atoms. The molecule has 0 amide bonds. The smallest absolute Gasteiger partial charge is 0.319 e. The van der Waals surface area contributed by atoms with Crippen molar-refractivity contribution in [2.24, 2.45) is 0 Å². The number of ether oxygens (including phenoxy) is 1. The first-order chi connectivity index (χ1) is 20.3. The molecule has 0 spiro atoms. The van der Waals surface area contributed by atoms with Crippen molar-refractivity contribution in [1.29, 1.82) is 0 Å². The first-order valence-electron chi connectivity index (χ1n) is 14.8. The minimum atomic E-state index is -0.862. The van der Waals surface area contributed by atoms with Crippen LogP contribution < -0.4 is 20.7 Å². The maximum atomic E-state index is 16.7. The number of piperazine rings is 1. The summed E-state index contributed by atoms with van der Waals surface area (Å²) >= 11 is 1.38. The molecule has 12 heteroatoms. The summed E-state index contributed by atoms with van der Waals surface area (Å²) in [6.45, 7) is 7.06. The number of thiazole rings is 1. The Labute approximate surface area is 246 Å². The highest BCUT2D eigenvalue weighted by Gasteiger charge is 2.49. The number of nitrogens with one attached hydrogen (secondary N) is 1. The number of benzene rings is 1. The van der Waals surface area contributed by atoms with Crippen LogP contribution in [0.25, 0.3) is 32.4 Å². The number of aromatic nitrogens is 4. The molecular weight excluding hydrogens is 558 g/mol. The largest absolute Gasteiger partial charge is 0.461 e. The summed E-state index contributed by atoms with van der Waals surface area (Å²) in [5, 5.41) is 4.63. The van der Waals surface area contributed by atoms with E-state index in [4.69, 9.17) is 15.5 Å². The van der Waals surface area contributed by atoms with E-state index in [1.165, 1.54) is 11.3 Å². The van der Waals surface area contributed by atoms with E-state index >= 15 is 4.39 Å². The van der Waals surface area contributed by atoms with E-state index in [1.807, 2.05) is 19.9 Å². The first kappa shape index (κ1) is 26.4. The van der Waals surface area contributed by atoms with E-state index in [0.29, 0.717) is 52.5 Å². The topological polar surface area (TPSA) is 105 Å². The average molecular weight is 593 g/mol. The Balaban J connectivity index is 1.26. The third-order valence-electron chi connectivity index (χ3n) is 9.85. The Kier molecular flexibility index (Phi) is 6.07. The van der Waals surface area contributed by atoms with Gasteiger partial charge in [-0.05, 0) is 63.3 Å². The Morgan fingerprint density at radius 1 is 1.14 bits per heavy atom. The van der Waals surface area contributed by atoms with Crippen LogP contribution in [0.3, 0.4) is 0 Å². The minimum Gasteiger partial charge on any atom is -0.461 e. The fourth-order valence-corrected chi connectivity index (χ4v) is 8.56. The van der Waals surface area contributed by atoms with Gasteiger partial charge in [-0.2, -0.15) is 9.97 Å². The van der Waals surface area contributed by atoms with E-state index in [-0.39, 0.29) is 29.4 Å². The molecule has 8 rings (SSSR count). The highest BCUT2D eigenvalue weighted by molar-refractivity contribution is 7.22. The number of nitrogens with zero attached hydrogens (tertiary/aromatic N) is 6. The molecule has 1 aromatic carbocycles. The van der Waals surface area contributed by atoms with E-state index in [2.05, 4.69) is 30.1 Å². The zero-order chi connectivity index (χ0) is 28.7. The lowest BCUT2D eigenvalue weighted by atomic mass is 9.95. The molecule has 7 heterocycles. The maximum Gasteiger partial charge on any atom is 0.319 e. The van der Waals surface area contributed by atoms with E-state index < -0.39 is 12.0 Å². The van der Waals surface area contributed by atoms with Gasteiger partial charge in [-0.1, -0.05) is 11.3 Å². The fraction of sp³-hybridized carbons (Fsp3) is 0.533. The van der Waals surface area contributed by atoms with E-state index in [1.54, 1.807) is 6.20 Å². The number of aryl methyl sites for hydroxylation is 1. The van der Waals surface area contributed by atoms with Crippen LogP contribution in [0.15, 0.2) is 12.3 Å². The lowest BCUT2D eigenvalue weighted by molar-refractivity contribution is 0.107. The highest BCUT2D eigenvalue weighted by Crippen LogP contribution is 2.42. The molecule has 4 aromatic rings. The van der Waals surface area contributed by atoms with Gasteiger partial charge in [0.2, 0.25) is 0 Å². The second kappa shape index (κ2) is 9.65. The van der Waals surface area contributed by atoms with Crippen molar-refractivity contribution in [2.75, 3.05) is 43.4 Å². The Hall–Kier alpha value is -3.22. The zero-order valence-corrected chi connectivity index (χ0v) is 24.6. The number of fused-ring (bicyclic) bond motifs is 5. The Morgan fingerprint density at radius 2 is 1.95 bits per heavy atom. The molecule has 0 unspecified atom stereocenters. The molecular formula is C30H34F2N8OS. The van der Waals surface area contributed by atoms with Gasteiger partial charge in [0.1, 0.15) is 29.8 Å². The van der Waals surface area contributed by atoms with Gasteiger partial charge in [-0.25, -0.2) is 13.8 Å². The molecule has 220 valence electrons. The van der Waals surface area contributed by atoms with Gasteiger partial charge in [0.15, 0.2) is 10.9 Å². The molecule has 4 atom stereocenters. The number of hydrogen-bond donors (Lipinski definition) is 2. The SMILES string of the molecule is Cc1cc2sc(N)nc2c(-c2ncc3c(N4C[C@H]5CC[C@@H](C4)N5)nc(OC[C@@]45CCCN4C[C@H](F)C5)nc3c2F)c1C. The summed E-state index contributed by atoms with van der Waals surface area (Å²) in [4.78, 5) is 23.1. The van der Waals surface area contributed by atoms with Crippen LogP contribution in [-0.2, 0) is 0 Å². The number of nitrogens with two attached hydrogens (primary N) is 1. The molecule has 3 aromatic heterocycles. The zero-order valence-electron chi connectivity index (χ0n) is 23.8. The lowest BCUT2D eigenvalue weighted by Gasteiger charge is -2.34. The number of rotatable bonds is 5. The minimum absolute atomic E-state index is 0.118. The van der Waals surface area contributed by atoms with Gasteiger partial charge >= 0.3 is 6.01 Å². The van der Waals surface area contributed by atoms with Crippen LogP contribution in [0.5, 0.6) is 6.01 Å².